The predicted molar refractivity (Wildman–Crippen MR) is 97.9 cm³/mol. The van der Waals surface area contributed by atoms with Crippen LogP contribution in [0.3, 0.4) is 0 Å². The Balaban J connectivity index is 2.19. The van der Waals surface area contributed by atoms with Gasteiger partial charge in [0.25, 0.3) is 0 Å². The van der Waals surface area contributed by atoms with Gasteiger partial charge in [-0.2, -0.15) is 0 Å². The van der Waals surface area contributed by atoms with Crippen LogP contribution in [0.1, 0.15) is 59.3 Å². The van der Waals surface area contributed by atoms with Gasteiger partial charge in [0.15, 0.2) is 0 Å². The van der Waals surface area contributed by atoms with Crippen molar-refractivity contribution in [1.82, 2.24) is 0 Å². The van der Waals surface area contributed by atoms with E-state index >= 15 is 0 Å². The lowest BCUT2D eigenvalue weighted by atomic mass is 9.66. The molecule has 1 fully saturated rings. The zero-order valence-electron chi connectivity index (χ0n) is 16.0. The minimum atomic E-state index is -0.875. The molecule has 1 heterocycles. The molecule has 5 nitrogen and oxygen atoms in total. The average Bonchev–Trinajstić information content (AvgIpc) is 2.71. The largest absolute Gasteiger partial charge is 0.493 e. The fourth-order valence-corrected chi connectivity index (χ4v) is 2.69. The van der Waals surface area contributed by atoms with E-state index in [1.54, 1.807) is 0 Å². The van der Waals surface area contributed by atoms with Crippen molar-refractivity contribution >= 4 is 13.1 Å². The molecule has 138 valence electrons. The summed E-state index contributed by atoms with van der Waals surface area (Å²) in [5.41, 5.74) is -0.110. The molecule has 0 amide bonds. The van der Waals surface area contributed by atoms with Crippen molar-refractivity contribution in [3.63, 3.8) is 0 Å². The van der Waals surface area contributed by atoms with E-state index in [0.717, 1.165) is 11.3 Å². The van der Waals surface area contributed by atoms with Crippen LogP contribution in [0, 0.1) is 5.92 Å². The summed E-state index contributed by atoms with van der Waals surface area (Å²) in [4.78, 5) is 11.4. The molecule has 1 aromatic rings. The molecule has 0 saturated carbocycles. The minimum Gasteiger partial charge on any atom is -0.493 e. The molecule has 6 heteroatoms. The number of carbonyl (C=O) groups is 1. The summed E-state index contributed by atoms with van der Waals surface area (Å²) in [6.45, 7) is 12.7. The maximum atomic E-state index is 11.4. The predicted octanol–water partition coefficient (Wildman–Crippen LogP) is 3.91. The van der Waals surface area contributed by atoms with Gasteiger partial charge in [-0.05, 0) is 51.3 Å². The van der Waals surface area contributed by atoms with Gasteiger partial charge in [-0.1, -0.05) is 26.0 Å². The normalized spacial score (nSPS) is 19.9. The summed E-state index contributed by atoms with van der Waals surface area (Å²) < 4.78 is 17.8. The van der Waals surface area contributed by atoms with Crippen molar-refractivity contribution in [3.8, 4) is 5.75 Å². The maximum absolute atomic E-state index is 11.4. The fraction of sp³-hybridized carbons (Fsp3) is 0.632. The lowest BCUT2D eigenvalue weighted by molar-refractivity contribution is -0.137. The summed E-state index contributed by atoms with van der Waals surface area (Å²) in [5, 5.41) is 9.33. The van der Waals surface area contributed by atoms with Crippen LogP contribution in [0.2, 0.25) is 0 Å². The van der Waals surface area contributed by atoms with E-state index in [1.807, 2.05) is 52.0 Å². The van der Waals surface area contributed by atoms with Crippen molar-refractivity contribution in [2.75, 3.05) is 6.61 Å². The molecule has 1 saturated heterocycles. The molecule has 1 aliphatic heterocycles. The van der Waals surface area contributed by atoms with Gasteiger partial charge in [-0.3, -0.25) is 4.79 Å². The Morgan fingerprint density at radius 2 is 1.64 bits per heavy atom. The van der Waals surface area contributed by atoms with Gasteiger partial charge in [0.2, 0.25) is 0 Å². The molecular weight excluding hydrogens is 319 g/mol. The zero-order valence-corrected chi connectivity index (χ0v) is 16.0. The summed E-state index contributed by atoms with van der Waals surface area (Å²) in [6, 6.07) is 7.54. The molecule has 25 heavy (non-hydrogen) atoms. The van der Waals surface area contributed by atoms with Gasteiger partial charge < -0.3 is 19.2 Å². The summed E-state index contributed by atoms with van der Waals surface area (Å²) in [7, 11) is -0.594. The van der Waals surface area contributed by atoms with Crippen LogP contribution in [0.25, 0.3) is 0 Å². The van der Waals surface area contributed by atoms with E-state index in [4.69, 9.17) is 14.0 Å². The summed E-state index contributed by atoms with van der Waals surface area (Å²) in [5.74, 6) is -0.0258. The van der Waals surface area contributed by atoms with E-state index in [1.165, 1.54) is 0 Å². The molecule has 1 aromatic carbocycles. The number of carboxylic acid groups (broad SMARTS) is 1. The van der Waals surface area contributed by atoms with Crippen molar-refractivity contribution in [2.45, 2.75) is 65.0 Å². The number of hydrogen-bond acceptors (Lipinski definition) is 4. The van der Waals surface area contributed by atoms with Crippen LogP contribution in [0.15, 0.2) is 24.3 Å². The molecule has 1 unspecified atom stereocenters. The highest BCUT2D eigenvalue weighted by Gasteiger charge is 2.54. The second-order valence-electron chi connectivity index (χ2n) is 8.10. The first-order chi connectivity index (χ1) is 11.5. The summed E-state index contributed by atoms with van der Waals surface area (Å²) >= 11 is 0. The second-order valence-corrected chi connectivity index (χ2v) is 8.10. The van der Waals surface area contributed by atoms with Crippen molar-refractivity contribution in [3.05, 3.63) is 29.8 Å². The quantitative estimate of drug-likeness (QED) is 0.757. The number of hydrogen-bond donors (Lipinski definition) is 1. The van der Waals surface area contributed by atoms with Crippen LogP contribution in [-0.4, -0.2) is 36.0 Å². The van der Waals surface area contributed by atoms with Gasteiger partial charge in [-0.25, -0.2) is 0 Å². The van der Waals surface area contributed by atoms with E-state index in [-0.39, 0.29) is 12.2 Å². The Hall–Kier alpha value is -1.53. The third kappa shape index (κ3) is 4.76. The van der Waals surface area contributed by atoms with Crippen molar-refractivity contribution in [1.29, 1.82) is 0 Å². The number of ether oxygens (including phenoxy) is 1. The smallest absolute Gasteiger partial charge is 0.466 e. The van der Waals surface area contributed by atoms with Crippen LogP contribution >= 0.6 is 0 Å². The number of rotatable bonds is 7. The van der Waals surface area contributed by atoms with Gasteiger partial charge >= 0.3 is 13.1 Å². The van der Waals surface area contributed by atoms with E-state index in [9.17, 15) is 9.90 Å². The Labute approximate surface area is 150 Å². The molecule has 0 radical (unpaired) electrons. The topological polar surface area (TPSA) is 65.0 Å². The highest BCUT2D eigenvalue weighted by Crippen LogP contribution is 2.41. The number of aliphatic carboxylic acids is 1. The highest BCUT2D eigenvalue weighted by atomic mass is 16.7. The zero-order chi connectivity index (χ0) is 18.8. The van der Waals surface area contributed by atoms with E-state index in [0.29, 0.717) is 12.5 Å². The van der Waals surface area contributed by atoms with Gasteiger partial charge in [-0.15, -0.1) is 0 Å². The molecule has 0 bridgehead atoms. The Morgan fingerprint density at radius 1 is 1.12 bits per heavy atom. The lowest BCUT2D eigenvalue weighted by Gasteiger charge is -2.32. The van der Waals surface area contributed by atoms with Gasteiger partial charge in [0, 0.05) is 5.82 Å². The molecule has 1 atom stereocenters. The molecule has 1 N–H and O–H groups in total. The third-order valence-corrected chi connectivity index (χ3v) is 4.89. The van der Waals surface area contributed by atoms with E-state index < -0.39 is 24.3 Å². The molecule has 0 spiro atoms. The third-order valence-electron chi connectivity index (χ3n) is 4.89. The Kier molecular flexibility index (Phi) is 5.84. The minimum absolute atomic E-state index is 0.0526. The molecule has 2 rings (SSSR count). The first kappa shape index (κ1) is 19.8. The molecule has 1 aliphatic rings. The van der Waals surface area contributed by atoms with Gasteiger partial charge in [0.05, 0.1) is 24.2 Å². The maximum Gasteiger partial charge on any atom is 0.466 e. The molecular formula is C19H29BO5. The summed E-state index contributed by atoms with van der Waals surface area (Å²) in [6.07, 6.45) is -0.0526. The van der Waals surface area contributed by atoms with Crippen LogP contribution in [-0.2, 0) is 14.1 Å². The molecule has 0 aromatic heterocycles. The lowest BCUT2D eigenvalue weighted by Crippen LogP contribution is -2.41. The monoisotopic (exact) mass is 348 g/mol. The first-order valence-electron chi connectivity index (χ1n) is 8.82. The van der Waals surface area contributed by atoms with E-state index in [2.05, 4.69) is 13.8 Å². The van der Waals surface area contributed by atoms with Crippen LogP contribution in [0.4, 0.5) is 0 Å². The Bertz CT molecular complexity index is 578. The van der Waals surface area contributed by atoms with Crippen molar-refractivity contribution < 1.29 is 23.9 Å². The fourth-order valence-electron chi connectivity index (χ4n) is 2.69. The average molecular weight is 348 g/mol. The molecule has 0 aliphatic carbocycles. The Morgan fingerprint density at radius 3 is 2.08 bits per heavy atom. The number of carboxylic acids is 1. The van der Waals surface area contributed by atoms with Crippen LogP contribution < -0.4 is 4.74 Å². The standard InChI is InChI=1S/C19H29BO5/c1-13(2)12-23-15-9-7-14(8-10-15)16(11-17(21)22)20-24-18(3,4)19(5,6)25-20/h7-10,13,16H,11-12H2,1-6H3,(H,21,22). The second kappa shape index (κ2) is 7.38. The SMILES string of the molecule is CC(C)COc1ccc(C(CC(=O)O)B2OC(C)(C)C(C)(C)O2)cc1. The van der Waals surface area contributed by atoms with Crippen LogP contribution in [0.5, 0.6) is 5.75 Å². The highest BCUT2D eigenvalue weighted by molar-refractivity contribution is 6.48. The first-order valence-corrected chi connectivity index (χ1v) is 8.82. The number of benzene rings is 1. The van der Waals surface area contributed by atoms with Gasteiger partial charge in [0.1, 0.15) is 5.75 Å². The van der Waals surface area contributed by atoms with Crippen molar-refractivity contribution in [2.24, 2.45) is 5.92 Å².